The third-order valence-electron chi connectivity index (χ3n) is 2.35. The van der Waals surface area contributed by atoms with Crippen LogP contribution in [-0.2, 0) is 10.1 Å². The minimum Gasteiger partial charge on any atom is -0.374 e. The van der Waals surface area contributed by atoms with Crippen molar-refractivity contribution in [1.82, 2.24) is 0 Å². The summed E-state index contributed by atoms with van der Waals surface area (Å²) in [5.74, 6) is -1.14. The topological polar surface area (TPSA) is 60.4 Å². The molecular formula is C11H7F3O4S2. The van der Waals surface area contributed by atoms with Gasteiger partial charge < -0.3 is 4.18 Å². The van der Waals surface area contributed by atoms with Gasteiger partial charge >= 0.3 is 15.6 Å². The molecule has 0 radical (unpaired) electrons. The Morgan fingerprint density at radius 1 is 1.25 bits per heavy atom. The Hall–Kier alpha value is -1.61. The maximum absolute atomic E-state index is 12.4. The molecule has 0 unspecified atom stereocenters. The van der Waals surface area contributed by atoms with Crippen LogP contribution < -0.4 is 4.18 Å². The van der Waals surface area contributed by atoms with Gasteiger partial charge in [-0.3, -0.25) is 4.79 Å². The fourth-order valence-electron chi connectivity index (χ4n) is 1.49. The highest BCUT2D eigenvalue weighted by atomic mass is 32.2. The molecule has 1 aromatic heterocycles. The van der Waals surface area contributed by atoms with Gasteiger partial charge in [-0.15, -0.1) is 11.3 Å². The van der Waals surface area contributed by atoms with E-state index in [9.17, 15) is 26.4 Å². The Morgan fingerprint density at radius 3 is 2.40 bits per heavy atom. The second-order valence-corrected chi connectivity index (χ2v) is 6.39. The zero-order chi connectivity index (χ0) is 15.1. The normalized spacial score (nSPS) is 12.6. The largest absolute Gasteiger partial charge is 0.534 e. The van der Waals surface area contributed by atoms with Crippen molar-refractivity contribution in [3.8, 4) is 5.75 Å². The molecule has 0 saturated carbocycles. The average Bonchev–Trinajstić information content (AvgIpc) is 2.67. The zero-order valence-electron chi connectivity index (χ0n) is 9.89. The van der Waals surface area contributed by atoms with Crippen LogP contribution in [-0.4, -0.2) is 19.7 Å². The summed E-state index contributed by atoms with van der Waals surface area (Å²) in [4.78, 5) is 11.3. The standard InChI is InChI=1S/C11H7F3O4S2/c1-6(15)10-9(18-20(16,17)11(12,13)14)7-4-2-3-5-8(7)19-10/h2-5H,1H3. The molecule has 0 bridgehead atoms. The van der Waals surface area contributed by atoms with Gasteiger partial charge in [0, 0.05) is 17.0 Å². The molecule has 20 heavy (non-hydrogen) atoms. The Balaban J connectivity index is 2.65. The van der Waals surface area contributed by atoms with Crippen molar-refractivity contribution < 1.29 is 30.6 Å². The van der Waals surface area contributed by atoms with Gasteiger partial charge in [0.05, 0.1) is 0 Å². The van der Waals surface area contributed by atoms with Crippen LogP contribution in [0.25, 0.3) is 10.1 Å². The van der Waals surface area contributed by atoms with E-state index < -0.39 is 27.2 Å². The molecule has 4 nitrogen and oxygen atoms in total. The summed E-state index contributed by atoms with van der Waals surface area (Å²) in [6, 6.07) is 6.07. The Labute approximate surface area is 115 Å². The second kappa shape index (κ2) is 4.74. The van der Waals surface area contributed by atoms with E-state index in [0.717, 1.165) is 18.3 Å². The van der Waals surface area contributed by atoms with E-state index in [2.05, 4.69) is 4.18 Å². The lowest BCUT2D eigenvalue weighted by Crippen LogP contribution is -2.28. The lowest BCUT2D eigenvalue weighted by Gasteiger charge is -2.09. The number of carbonyl (C=O) groups is 1. The van der Waals surface area contributed by atoms with E-state index in [4.69, 9.17) is 0 Å². The Morgan fingerprint density at radius 2 is 1.85 bits per heavy atom. The molecular weight excluding hydrogens is 317 g/mol. The van der Waals surface area contributed by atoms with Crippen molar-refractivity contribution >= 4 is 37.3 Å². The smallest absolute Gasteiger partial charge is 0.374 e. The number of hydrogen-bond acceptors (Lipinski definition) is 5. The van der Waals surface area contributed by atoms with Crippen LogP contribution in [0.1, 0.15) is 16.6 Å². The van der Waals surface area contributed by atoms with Gasteiger partial charge in [-0.2, -0.15) is 21.6 Å². The number of benzene rings is 1. The number of alkyl halides is 3. The molecule has 9 heteroatoms. The minimum absolute atomic E-state index is 0.149. The van der Waals surface area contributed by atoms with Crippen molar-refractivity contribution in [3.63, 3.8) is 0 Å². The van der Waals surface area contributed by atoms with Gasteiger partial charge in [0.1, 0.15) is 4.88 Å². The Bertz CT molecular complexity index is 775. The van der Waals surface area contributed by atoms with Crippen molar-refractivity contribution in [2.45, 2.75) is 12.4 Å². The molecule has 0 fully saturated rings. The number of halogens is 3. The molecule has 2 aromatic rings. The molecule has 1 heterocycles. The van der Waals surface area contributed by atoms with Gasteiger partial charge in [0.2, 0.25) is 0 Å². The third-order valence-corrected chi connectivity index (χ3v) is 4.55. The fraction of sp³-hybridized carbons (Fsp3) is 0.182. The molecule has 0 aliphatic heterocycles. The van der Waals surface area contributed by atoms with Gasteiger partial charge in [-0.05, 0) is 12.1 Å². The SMILES string of the molecule is CC(=O)c1sc2ccccc2c1OS(=O)(=O)C(F)(F)F. The van der Waals surface area contributed by atoms with Crippen LogP contribution in [0.5, 0.6) is 5.75 Å². The highest BCUT2D eigenvalue weighted by Gasteiger charge is 2.49. The maximum atomic E-state index is 12.4. The number of thiophene rings is 1. The van der Waals surface area contributed by atoms with E-state index in [1.54, 1.807) is 12.1 Å². The molecule has 0 aliphatic carbocycles. The highest BCUT2D eigenvalue weighted by Crippen LogP contribution is 2.40. The molecule has 0 amide bonds. The van der Waals surface area contributed by atoms with Gasteiger partial charge in [-0.1, -0.05) is 12.1 Å². The molecule has 0 atom stereocenters. The van der Waals surface area contributed by atoms with Crippen LogP contribution in [0.2, 0.25) is 0 Å². The number of rotatable bonds is 3. The number of fused-ring (bicyclic) bond motifs is 1. The van der Waals surface area contributed by atoms with Crippen LogP contribution in [0.15, 0.2) is 24.3 Å². The predicted molar refractivity (Wildman–Crippen MR) is 67.4 cm³/mol. The number of ketones is 1. The van der Waals surface area contributed by atoms with Crippen molar-refractivity contribution in [2.24, 2.45) is 0 Å². The van der Waals surface area contributed by atoms with Crippen molar-refractivity contribution in [3.05, 3.63) is 29.1 Å². The van der Waals surface area contributed by atoms with Gasteiger partial charge in [0.25, 0.3) is 0 Å². The number of Topliss-reactive ketones (excluding diaryl/α,β-unsaturated/α-hetero) is 1. The predicted octanol–water partition coefficient (Wildman–Crippen LogP) is 3.33. The van der Waals surface area contributed by atoms with Crippen LogP contribution >= 0.6 is 11.3 Å². The molecule has 0 spiro atoms. The summed E-state index contributed by atoms with van der Waals surface area (Å²) in [5.41, 5.74) is -5.55. The number of carbonyl (C=O) groups excluding carboxylic acids is 1. The third kappa shape index (κ3) is 2.50. The summed E-state index contributed by atoms with van der Waals surface area (Å²) >= 11 is 0.877. The van der Waals surface area contributed by atoms with Crippen molar-refractivity contribution in [2.75, 3.05) is 0 Å². The summed E-state index contributed by atoms with van der Waals surface area (Å²) in [6.07, 6.45) is 0. The van der Waals surface area contributed by atoms with E-state index in [0.29, 0.717) is 4.70 Å². The summed E-state index contributed by atoms with van der Waals surface area (Å²) in [6.45, 7) is 1.12. The van der Waals surface area contributed by atoms with E-state index in [-0.39, 0.29) is 10.3 Å². The lowest BCUT2D eigenvalue weighted by atomic mass is 10.2. The molecule has 2 rings (SSSR count). The molecule has 0 saturated heterocycles. The molecule has 0 N–H and O–H groups in total. The zero-order valence-corrected chi connectivity index (χ0v) is 11.5. The minimum atomic E-state index is -5.81. The maximum Gasteiger partial charge on any atom is 0.534 e. The first kappa shape index (κ1) is 14.8. The van der Waals surface area contributed by atoms with Crippen LogP contribution in [0, 0.1) is 0 Å². The van der Waals surface area contributed by atoms with Crippen LogP contribution in [0.3, 0.4) is 0 Å². The first-order chi connectivity index (χ1) is 9.13. The lowest BCUT2D eigenvalue weighted by molar-refractivity contribution is -0.0499. The number of hydrogen-bond donors (Lipinski definition) is 0. The summed E-state index contributed by atoms with van der Waals surface area (Å²) < 4.78 is 63.9. The van der Waals surface area contributed by atoms with Crippen molar-refractivity contribution in [1.29, 1.82) is 0 Å². The Kier molecular flexibility index (Phi) is 3.51. The van der Waals surface area contributed by atoms with E-state index in [1.165, 1.54) is 12.1 Å². The molecule has 0 aliphatic rings. The second-order valence-electron chi connectivity index (χ2n) is 3.80. The first-order valence-electron chi connectivity index (χ1n) is 5.16. The summed E-state index contributed by atoms with van der Waals surface area (Å²) in [7, 11) is -5.81. The summed E-state index contributed by atoms with van der Waals surface area (Å²) in [5, 5.41) is 0.149. The monoisotopic (exact) mass is 324 g/mol. The van der Waals surface area contributed by atoms with Gasteiger partial charge in [0.15, 0.2) is 11.5 Å². The van der Waals surface area contributed by atoms with Gasteiger partial charge in [-0.25, -0.2) is 0 Å². The fourth-order valence-corrected chi connectivity index (χ4v) is 3.06. The van der Waals surface area contributed by atoms with E-state index in [1.807, 2.05) is 0 Å². The van der Waals surface area contributed by atoms with E-state index >= 15 is 0 Å². The van der Waals surface area contributed by atoms with Crippen LogP contribution in [0.4, 0.5) is 13.2 Å². The first-order valence-corrected chi connectivity index (χ1v) is 7.39. The highest BCUT2D eigenvalue weighted by molar-refractivity contribution is 7.88. The molecule has 1 aromatic carbocycles. The molecule has 108 valence electrons. The quantitative estimate of drug-likeness (QED) is 0.493. The average molecular weight is 324 g/mol.